The van der Waals surface area contributed by atoms with Crippen molar-refractivity contribution in [1.82, 2.24) is 10.2 Å². The SMILES string of the molecule is Cc1ccccc1-c1nnc(CCC(=O)Nc2ccc3c(c2)OCCO3)o1. The van der Waals surface area contributed by atoms with Crippen molar-refractivity contribution < 1.29 is 18.7 Å². The Kier molecular flexibility index (Phi) is 4.74. The Bertz CT molecular complexity index is 967. The zero-order valence-electron chi connectivity index (χ0n) is 14.9. The van der Waals surface area contributed by atoms with Gasteiger partial charge in [0.1, 0.15) is 13.2 Å². The number of aryl methyl sites for hydroxylation is 2. The Morgan fingerprint density at radius 2 is 1.89 bits per heavy atom. The number of carbonyl (C=O) groups is 1. The number of fused-ring (bicyclic) bond motifs is 1. The van der Waals surface area contributed by atoms with Crippen LogP contribution in [-0.4, -0.2) is 29.3 Å². The molecule has 4 rings (SSSR count). The van der Waals surface area contributed by atoms with Crippen molar-refractivity contribution in [1.29, 1.82) is 0 Å². The molecule has 1 aliphatic rings. The molecule has 138 valence electrons. The van der Waals surface area contributed by atoms with E-state index >= 15 is 0 Å². The smallest absolute Gasteiger partial charge is 0.247 e. The highest BCUT2D eigenvalue weighted by atomic mass is 16.6. The topological polar surface area (TPSA) is 86.5 Å². The summed E-state index contributed by atoms with van der Waals surface area (Å²) >= 11 is 0. The van der Waals surface area contributed by atoms with Crippen LogP contribution in [0.4, 0.5) is 5.69 Å². The average molecular weight is 365 g/mol. The number of nitrogens with zero attached hydrogens (tertiary/aromatic N) is 2. The van der Waals surface area contributed by atoms with E-state index in [1.807, 2.05) is 31.2 Å². The maximum atomic E-state index is 12.2. The van der Waals surface area contributed by atoms with Gasteiger partial charge in [-0.2, -0.15) is 0 Å². The molecule has 1 amide bonds. The largest absolute Gasteiger partial charge is 0.486 e. The van der Waals surface area contributed by atoms with Crippen LogP contribution in [0.15, 0.2) is 46.9 Å². The van der Waals surface area contributed by atoms with Crippen molar-refractivity contribution in [3.8, 4) is 23.0 Å². The van der Waals surface area contributed by atoms with Crippen LogP contribution in [-0.2, 0) is 11.2 Å². The quantitative estimate of drug-likeness (QED) is 0.746. The highest BCUT2D eigenvalue weighted by molar-refractivity contribution is 5.91. The van der Waals surface area contributed by atoms with Gasteiger partial charge in [0, 0.05) is 30.2 Å². The highest BCUT2D eigenvalue weighted by Crippen LogP contribution is 2.32. The van der Waals surface area contributed by atoms with E-state index in [4.69, 9.17) is 13.9 Å². The van der Waals surface area contributed by atoms with E-state index in [1.165, 1.54) is 0 Å². The molecule has 0 saturated heterocycles. The van der Waals surface area contributed by atoms with E-state index in [0.717, 1.165) is 11.1 Å². The number of hydrogen-bond acceptors (Lipinski definition) is 6. The van der Waals surface area contributed by atoms with Gasteiger partial charge in [0.25, 0.3) is 0 Å². The van der Waals surface area contributed by atoms with Gasteiger partial charge in [0.15, 0.2) is 11.5 Å². The number of ether oxygens (including phenoxy) is 2. The van der Waals surface area contributed by atoms with Crippen LogP contribution >= 0.6 is 0 Å². The number of nitrogens with one attached hydrogen (secondary N) is 1. The minimum atomic E-state index is -0.137. The standard InChI is InChI=1S/C20H19N3O4/c1-13-4-2-3-5-15(13)20-23-22-19(27-20)9-8-18(24)21-14-6-7-16-17(12-14)26-11-10-25-16/h2-7,12H,8-11H2,1H3,(H,21,24). The second kappa shape index (κ2) is 7.49. The lowest BCUT2D eigenvalue weighted by Crippen LogP contribution is -2.16. The van der Waals surface area contributed by atoms with Gasteiger partial charge in [-0.25, -0.2) is 0 Å². The van der Waals surface area contributed by atoms with Crippen molar-refractivity contribution >= 4 is 11.6 Å². The molecular weight excluding hydrogens is 346 g/mol. The molecule has 0 saturated carbocycles. The van der Waals surface area contributed by atoms with Crippen LogP contribution in [0.5, 0.6) is 11.5 Å². The van der Waals surface area contributed by atoms with Gasteiger partial charge in [0.2, 0.25) is 17.7 Å². The predicted octanol–water partition coefficient (Wildman–Crippen LogP) is 3.39. The van der Waals surface area contributed by atoms with E-state index in [-0.39, 0.29) is 12.3 Å². The summed E-state index contributed by atoms with van der Waals surface area (Å²) in [6, 6.07) is 13.1. The second-order valence-electron chi connectivity index (χ2n) is 6.22. The van der Waals surface area contributed by atoms with Gasteiger partial charge < -0.3 is 19.2 Å². The first-order valence-corrected chi connectivity index (χ1v) is 8.77. The van der Waals surface area contributed by atoms with Crippen molar-refractivity contribution in [2.24, 2.45) is 0 Å². The molecule has 0 bridgehead atoms. The van der Waals surface area contributed by atoms with Gasteiger partial charge >= 0.3 is 0 Å². The highest BCUT2D eigenvalue weighted by Gasteiger charge is 2.14. The van der Waals surface area contributed by atoms with Crippen LogP contribution in [0, 0.1) is 6.92 Å². The fourth-order valence-corrected chi connectivity index (χ4v) is 2.84. The number of hydrogen-bond donors (Lipinski definition) is 1. The first-order chi connectivity index (χ1) is 13.2. The number of anilines is 1. The molecule has 7 heteroatoms. The Balaban J connectivity index is 1.35. The van der Waals surface area contributed by atoms with E-state index < -0.39 is 0 Å². The third kappa shape index (κ3) is 3.92. The summed E-state index contributed by atoms with van der Waals surface area (Å²) in [5.74, 6) is 2.09. The number of rotatable bonds is 5. The molecule has 1 N–H and O–H groups in total. The van der Waals surface area contributed by atoms with Crippen LogP contribution in [0.1, 0.15) is 17.9 Å². The molecule has 0 radical (unpaired) electrons. The number of aromatic nitrogens is 2. The zero-order valence-corrected chi connectivity index (χ0v) is 14.9. The van der Waals surface area contributed by atoms with Crippen LogP contribution < -0.4 is 14.8 Å². The number of benzene rings is 2. The minimum Gasteiger partial charge on any atom is -0.486 e. The van der Waals surface area contributed by atoms with Gasteiger partial charge in [-0.3, -0.25) is 4.79 Å². The molecule has 2 aromatic carbocycles. The molecule has 1 aliphatic heterocycles. The minimum absolute atomic E-state index is 0.137. The molecule has 0 aliphatic carbocycles. The van der Waals surface area contributed by atoms with Crippen LogP contribution in [0.25, 0.3) is 11.5 Å². The first-order valence-electron chi connectivity index (χ1n) is 8.77. The molecule has 0 fully saturated rings. The summed E-state index contributed by atoms with van der Waals surface area (Å²) in [6.07, 6.45) is 0.610. The Morgan fingerprint density at radius 3 is 2.74 bits per heavy atom. The molecule has 1 aromatic heterocycles. The van der Waals surface area contributed by atoms with Crippen molar-refractivity contribution in [3.05, 3.63) is 53.9 Å². The molecule has 0 atom stereocenters. The lowest BCUT2D eigenvalue weighted by molar-refractivity contribution is -0.116. The fourth-order valence-electron chi connectivity index (χ4n) is 2.84. The van der Waals surface area contributed by atoms with E-state index in [0.29, 0.717) is 48.6 Å². The average Bonchev–Trinajstić information content (AvgIpc) is 3.15. The molecule has 3 aromatic rings. The molecule has 7 nitrogen and oxygen atoms in total. The Morgan fingerprint density at radius 1 is 1.07 bits per heavy atom. The fraction of sp³-hybridized carbons (Fsp3) is 0.250. The van der Waals surface area contributed by atoms with Crippen molar-refractivity contribution in [2.45, 2.75) is 19.8 Å². The Hall–Kier alpha value is -3.35. The molecule has 0 unspecified atom stereocenters. The summed E-state index contributed by atoms with van der Waals surface area (Å²) in [6.45, 7) is 3.03. The molecule has 0 spiro atoms. The maximum absolute atomic E-state index is 12.2. The molecular formula is C20H19N3O4. The van der Waals surface area contributed by atoms with Gasteiger partial charge in [0.05, 0.1) is 0 Å². The monoisotopic (exact) mass is 365 g/mol. The number of amides is 1. The lowest BCUT2D eigenvalue weighted by atomic mass is 10.1. The van der Waals surface area contributed by atoms with Crippen LogP contribution in [0.3, 0.4) is 0 Å². The second-order valence-corrected chi connectivity index (χ2v) is 6.22. The van der Waals surface area contributed by atoms with E-state index in [2.05, 4.69) is 15.5 Å². The zero-order chi connectivity index (χ0) is 18.6. The third-order valence-electron chi connectivity index (χ3n) is 4.23. The summed E-state index contributed by atoms with van der Waals surface area (Å²) in [5.41, 5.74) is 2.62. The lowest BCUT2D eigenvalue weighted by Gasteiger charge is -2.18. The third-order valence-corrected chi connectivity index (χ3v) is 4.23. The number of carbonyl (C=O) groups excluding carboxylic acids is 1. The van der Waals surface area contributed by atoms with Crippen molar-refractivity contribution in [3.63, 3.8) is 0 Å². The summed E-state index contributed by atoms with van der Waals surface area (Å²) in [4.78, 5) is 12.2. The molecule has 27 heavy (non-hydrogen) atoms. The van der Waals surface area contributed by atoms with Gasteiger partial charge in [-0.1, -0.05) is 18.2 Å². The Labute approximate surface area is 156 Å². The van der Waals surface area contributed by atoms with E-state index in [9.17, 15) is 4.79 Å². The van der Waals surface area contributed by atoms with Crippen LogP contribution in [0.2, 0.25) is 0 Å². The predicted molar refractivity (Wildman–Crippen MR) is 98.9 cm³/mol. The summed E-state index contributed by atoms with van der Waals surface area (Å²) in [5, 5.41) is 11.0. The van der Waals surface area contributed by atoms with Gasteiger partial charge in [-0.15, -0.1) is 10.2 Å². The van der Waals surface area contributed by atoms with E-state index in [1.54, 1.807) is 18.2 Å². The van der Waals surface area contributed by atoms with Gasteiger partial charge in [-0.05, 0) is 30.7 Å². The summed E-state index contributed by atoms with van der Waals surface area (Å²) < 4.78 is 16.7. The normalized spacial score (nSPS) is 12.6. The maximum Gasteiger partial charge on any atom is 0.247 e. The first kappa shape index (κ1) is 17.1. The summed E-state index contributed by atoms with van der Waals surface area (Å²) in [7, 11) is 0. The molecule has 2 heterocycles. The van der Waals surface area contributed by atoms with Crippen molar-refractivity contribution in [2.75, 3.05) is 18.5 Å².